The third-order valence-electron chi connectivity index (χ3n) is 2.74. The second kappa shape index (κ2) is 4.29. The van der Waals surface area contributed by atoms with Crippen LogP contribution in [-0.4, -0.2) is 28.3 Å². The van der Waals surface area contributed by atoms with Gasteiger partial charge in [-0.15, -0.1) is 0 Å². The monoisotopic (exact) mass is 254 g/mol. The molecule has 1 aromatic heterocycles. The van der Waals surface area contributed by atoms with Crippen LogP contribution in [-0.2, 0) is 9.59 Å². The zero-order chi connectivity index (χ0) is 12.6. The van der Waals surface area contributed by atoms with Crippen molar-refractivity contribution >= 4 is 29.1 Å². The number of hydrogen-bond donors (Lipinski definition) is 1. The van der Waals surface area contributed by atoms with Crippen molar-refractivity contribution in [2.75, 3.05) is 11.4 Å². The molecule has 1 fully saturated rings. The van der Waals surface area contributed by atoms with Crippen molar-refractivity contribution in [3.8, 4) is 0 Å². The van der Waals surface area contributed by atoms with Gasteiger partial charge in [0.05, 0.1) is 23.5 Å². The molecule has 1 atom stereocenters. The number of halogens is 1. The number of nitrogens with zero attached hydrogens (tertiary/aromatic N) is 3. The Morgan fingerprint density at radius 1 is 1.65 bits per heavy atom. The van der Waals surface area contributed by atoms with E-state index in [-0.39, 0.29) is 24.2 Å². The summed E-state index contributed by atoms with van der Waals surface area (Å²) in [7, 11) is 0. The zero-order valence-corrected chi connectivity index (χ0v) is 9.94. The van der Waals surface area contributed by atoms with E-state index in [9.17, 15) is 9.59 Å². The van der Waals surface area contributed by atoms with E-state index in [4.69, 9.17) is 17.3 Å². The van der Waals surface area contributed by atoms with Crippen LogP contribution >= 0.6 is 11.6 Å². The molecule has 2 N–H and O–H groups in total. The topological polar surface area (TPSA) is 89.2 Å². The van der Waals surface area contributed by atoms with Crippen LogP contribution in [0.3, 0.4) is 0 Å². The van der Waals surface area contributed by atoms with Crippen molar-refractivity contribution in [3.63, 3.8) is 0 Å². The maximum absolute atomic E-state index is 11.8. The molecule has 0 saturated carbocycles. The van der Waals surface area contributed by atoms with Gasteiger partial charge in [-0.1, -0.05) is 0 Å². The van der Waals surface area contributed by atoms with E-state index < -0.39 is 11.8 Å². The largest absolute Gasteiger partial charge is 0.369 e. The van der Waals surface area contributed by atoms with E-state index in [1.165, 1.54) is 11.1 Å². The first kappa shape index (κ1) is 11.8. The van der Waals surface area contributed by atoms with Gasteiger partial charge in [0.2, 0.25) is 17.1 Å². The van der Waals surface area contributed by atoms with E-state index in [0.29, 0.717) is 11.4 Å². The van der Waals surface area contributed by atoms with Crippen LogP contribution in [0, 0.1) is 12.8 Å². The summed E-state index contributed by atoms with van der Waals surface area (Å²) in [5.41, 5.74) is 6.37. The summed E-state index contributed by atoms with van der Waals surface area (Å²) in [5, 5.41) is 0.129. The molecular formula is C10H11ClN4O2. The second-order valence-corrected chi connectivity index (χ2v) is 4.26. The summed E-state index contributed by atoms with van der Waals surface area (Å²) >= 11 is 5.64. The summed E-state index contributed by atoms with van der Waals surface area (Å²) in [6, 6.07) is 0. The highest BCUT2D eigenvalue weighted by Crippen LogP contribution is 2.26. The Morgan fingerprint density at radius 3 is 2.88 bits per heavy atom. The molecule has 2 rings (SSSR count). The van der Waals surface area contributed by atoms with Crippen LogP contribution in [0.5, 0.6) is 0 Å². The molecule has 1 aromatic rings. The lowest BCUT2D eigenvalue weighted by molar-refractivity contribution is -0.123. The summed E-state index contributed by atoms with van der Waals surface area (Å²) in [4.78, 5) is 32.1. The Bertz CT molecular complexity index is 491. The van der Waals surface area contributed by atoms with Crippen molar-refractivity contribution in [2.24, 2.45) is 11.7 Å². The molecule has 2 amide bonds. The van der Waals surface area contributed by atoms with Crippen molar-refractivity contribution in [1.82, 2.24) is 9.97 Å². The Kier molecular flexibility index (Phi) is 2.97. The average molecular weight is 255 g/mol. The van der Waals surface area contributed by atoms with Crippen LogP contribution in [0.4, 0.5) is 5.69 Å². The quantitative estimate of drug-likeness (QED) is 0.768. The molecule has 6 nitrogen and oxygen atoms in total. The molecule has 1 aliphatic rings. The van der Waals surface area contributed by atoms with E-state index in [2.05, 4.69) is 9.97 Å². The maximum atomic E-state index is 11.8. The molecule has 7 heteroatoms. The number of anilines is 1. The highest BCUT2D eigenvalue weighted by Gasteiger charge is 2.34. The maximum Gasteiger partial charge on any atom is 0.227 e. The fourth-order valence-corrected chi connectivity index (χ4v) is 2.00. The fourth-order valence-electron chi connectivity index (χ4n) is 1.83. The van der Waals surface area contributed by atoms with Crippen molar-refractivity contribution in [2.45, 2.75) is 13.3 Å². The Hall–Kier alpha value is -1.69. The number of primary amides is 1. The van der Waals surface area contributed by atoms with Crippen molar-refractivity contribution in [3.05, 3.63) is 17.2 Å². The first-order valence-corrected chi connectivity index (χ1v) is 5.45. The summed E-state index contributed by atoms with van der Waals surface area (Å²) in [5.74, 6) is -1.06. The highest BCUT2D eigenvalue weighted by molar-refractivity contribution is 6.28. The number of nitrogens with two attached hydrogens (primary N) is 1. The van der Waals surface area contributed by atoms with Crippen LogP contribution in [0.15, 0.2) is 6.20 Å². The van der Waals surface area contributed by atoms with Gasteiger partial charge >= 0.3 is 0 Å². The molecule has 0 bridgehead atoms. The van der Waals surface area contributed by atoms with Crippen molar-refractivity contribution < 1.29 is 9.59 Å². The van der Waals surface area contributed by atoms with Crippen LogP contribution in [0.2, 0.25) is 5.28 Å². The minimum atomic E-state index is -0.464. The van der Waals surface area contributed by atoms with E-state index in [1.807, 2.05) is 0 Å². The molecule has 1 unspecified atom stereocenters. The predicted molar refractivity (Wildman–Crippen MR) is 61.4 cm³/mol. The van der Waals surface area contributed by atoms with E-state index >= 15 is 0 Å². The average Bonchev–Trinajstić information content (AvgIpc) is 2.61. The molecular weight excluding hydrogens is 244 g/mol. The lowest BCUT2D eigenvalue weighted by Crippen LogP contribution is -2.29. The molecule has 0 radical (unpaired) electrons. The van der Waals surface area contributed by atoms with Crippen LogP contribution < -0.4 is 10.6 Å². The first-order chi connectivity index (χ1) is 7.99. The van der Waals surface area contributed by atoms with Gasteiger partial charge in [-0.25, -0.2) is 9.97 Å². The Morgan fingerprint density at radius 2 is 2.35 bits per heavy atom. The standard InChI is InChI=1S/C10H11ClN4O2/c1-5-7(3-13-10(11)14-5)15-4-6(9(12)17)2-8(15)16/h3,6H,2,4H2,1H3,(H2,12,17). The number of carbonyl (C=O) groups is 2. The Labute approximate surface area is 103 Å². The molecule has 0 aliphatic carbocycles. The smallest absolute Gasteiger partial charge is 0.227 e. The van der Waals surface area contributed by atoms with Gasteiger partial charge in [0.25, 0.3) is 0 Å². The highest BCUT2D eigenvalue weighted by atomic mass is 35.5. The minimum Gasteiger partial charge on any atom is -0.369 e. The summed E-state index contributed by atoms with van der Waals surface area (Å²) in [6.07, 6.45) is 1.61. The molecule has 1 aliphatic heterocycles. The molecule has 2 heterocycles. The first-order valence-electron chi connectivity index (χ1n) is 5.08. The number of aromatic nitrogens is 2. The summed E-state index contributed by atoms with van der Waals surface area (Å²) in [6.45, 7) is 2.01. The third kappa shape index (κ3) is 2.21. The summed E-state index contributed by atoms with van der Waals surface area (Å²) < 4.78 is 0. The van der Waals surface area contributed by atoms with Crippen molar-refractivity contribution in [1.29, 1.82) is 0 Å². The predicted octanol–water partition coefficient (Wildman–Crippen LogP) is 0.277. The van der Waals surface area contributed by atoms with Crippen LogP contribution in [0.1, 0.15) is 12.1 Å². The van der Waals surface area contributed by atoms with Gasteiger partial charge in [-0.3, -0.25) is 9.59 Å². The lowest BCUT2D eigenvalue weighted by atomic mass is 10.1. The van der Waals surface area contributed by atoms with Gasteiger partial charge in [0.1, 0.15) is 0 Å². The number of amides is 2. The van der Waals surface area contributed by atoms with E-state index in [1.54, 1.807) is 6.92 Å². The minimum absolute atomic E-state index is 0.129. The number of hydrogen-bond acceptors (Lipinski definition) is 4. The van der Waals surface area contributed by atoms with Gasteiger partial charge in [0, 0.05) is 13.0 Å². The second-order valence-electron chi connectivity index (χ2n) is 3.92. The lowest BCUT2D eigenvalue weighted by Gasteiger charge is -2.17. The van der Waals surface area contributed by atoms with E-state index in [0.717, 1.165) is 0 Å². The number of rotatable bonds is 2. The number of aryl methyl sites for hydroxylation is 1. The SMILES string of the molecule is Cc1nc(Cl)ncc1N1CC(C(N)=O)CC1=O. The van der Waals surface area contributed by atoms with Gasteiger partial charge in [-0.05, 0) is 18.5 Å². The van der Waals surface area contributed by atoms with Crippen LogP contribution in [0.25, 0.3) is 0 Å². The normalized spacial score (nSPS) is 19.8. The van der Waals surface area contributed by atoms with Gasteiger partial charge in [-0.2, -0.15) is 0 Å². The molecule has 0 spiro atoms. The molecule has 17 heavy (non-hydrogen) atoms. The zero-order valence-electron chi connectivity index (χ0n) is 9.18. The third-order valence-corrected chi connectivity index (χ3v) is 2.92. The molecule has 90 valence electrons. The Balaban J connectivity index is 2.29. The van der Waals surface area contributed by atoms with Gasteiger partial charge in [0.15, 0.2) is 0 Å². The van der Waals surface area contributed by atoms with Gasteiger partial charge < -0.3 is 10.6 Å². The number of carbonyl (C=O) groups excluding carboxylic acids is 2. The molecule has 0 aromatic carbocycles. The molecule has 1 saturated heterocycles. The fraction of sp³-hybridized carbons (Fsp3) is 0.400.